The molecular weight excluding hydrogens is 258 g/mol. The van der Waals surface area contributed by atoms with E-state index in [2.05, 4.69) is 32.6 Å². The first kappa shape index (κ1) is 16.5. The Balaban J connectivity index is 1.92. The van der Waals surface area contributed by atoms with Crippen LogP contribution in [0.1, 0.15) is 52.2 Å². The van der Waals surface area contributed by atoms with Crippen molar-refractivity contribution in [3.63, 3.8) is 0 Å². The molecule has 1 heterocycles. The van der Waals surface area contributed by atoms with Crippen molar-refractivity contribution < 1.29 is 5.11 Å². The van der Waals surface area contributed by atoms with E-state index in [1.807, 2.05) is 30.3 Å². The fraction of sp³-hybridized carbons (Fsp3) is 0.684. The molecule has 1 fully saturated rings. The highest BCUT2D eigenvalue weighted by atomic mass is 16.3. The van der Waals surface area contributed by atoms with Crippen molar-refractivity contribution in [2.75, 3.05) is 19.6 Å². The first-order valence-corrected chi connectivity index (χ1v) is 8.35. The molecule has 2 heteroatoms. The molecule has 1 N–H and O–H groups in total. The number of piperidine rings is 1. The molecular formula is C19H31NO. The zero-order chi connectivity index (χ0) is 15.5. The van der Waals surface area contributed by atoms with Crippen molar-refractivity contribution in [1.29, 1.82) is 0 Å². The lowest BCUT2D eigenvalue weighted by Gasteiger charge is -2.40. The van der Waals surface area contributed by atoms with Gasteiger partial charge in [-0.15, -0.1) is 0 Å². The van der Waals surface area contributed by atoms with Gasteiger partial charge in [0.2, 0.25) is 0 Å². The molecule has 0 amide bonds. The van der Waals surface area contributed by atoms with Crippen molar-refractivity contribution in [2.24, 2.45) is 17.3 Å². The lowest BCUT2D eigenvalue weighted by molar-refractivity contribution is 0.00986. The average Bonchev–Trinajstić information content (AvgIpc) is 2.47. The van der Waals surface area contributed by atoms with Gasteiger partial charge < -0.3 is 10.0 Å². The third-order valence-electron chi connectivity index (χ3n) is 5.06. The zero-order valence-corrected chi connectivity index (χ0v) is 14.0. The predicted octanol–water partition coefficient (Wildman–Crippen LogP) is 4.11. The normalized spacial score (nSPS) is 19.9. The minimum Gasteiger partial charge on any atom is -0.388 e. The van der Waals surface area contributed by atoms with Gasteiger partial charge in [-0.25, -0.2) is 0 Å². The standard InChI is InChI=1S/C19H31NO/c1-15(2)16-10-12-20(13-11-16)14-19(3,4)18(21)17-8-6-5-7-9-17/h5-9,15-16,18,21H,10-14H2,1-4H3. The Morgan fingerprint density at radius 1 is 1.14 bits per heavy atom. The summed E-state index contributed by atoms with van der Waals surface area (Å²) in [4.78, 5) is 2.53. The molecule has 21 heavy (non-hydrogen) atoms. The predicted molar refractivity (Wildman–Crippen MR) is 89.2 cm³/mol. The van der Waals surface area contributed by atoms with Crippen LogP contribution in [-0.4, -0.2) is 29.6 Å². The quantitative estimate of drug-likeness (QED) is 0.881. The number of hydrogen-bond donors (Lipinski definition) is 1. The van der Waals surface area contributed by atoms with Gasteiger partial charge in [-0.1, -0.05) is 58.0 Å². The van der Waals surface area contributed by atoms with Crippen LogP contribution in [0.2, 0.25) is 0 Å². The Morgan fingerprint density at radius 3 is 2.24 bits per heavy atom. The molecule has 0 spiro atoms. The average molecular weight is 289 g/mol. The molecule has 0 saturated carbocycles. The van der Waals surface area contributed by atoms with Crippen LogP contribution >= 0.6 is 0 Å². The second-order valence-corrected chi connectivity index (χ2v) is 7.66. The molecule has 1 aromatic rings. The number of nitrogens with zero attached hydrogens (tertiary/aromatic N) is 1. The topological polar surface area (TPSA) is 23.5 Å². The molecule has 1 saturated heterocycles. The number of rotatable bonds is 5. The molecule has 1 aliphatic rings. The van der Waals surface area contributed by atoms with Gasteiger partial charge in [0.05, 0.1) is 6.10 Å². The SMILES string of the molecule is CC(C)C1CCN(CC(C)(C)C(O)c2ccccc2)CC1. The summed E-state index contributed by atoms with van der Waals surface area (Å²) in [5.74, 6) is 1.68. The Labute approximate surface area is 130 Å². The summed E-state index contributed by atoms with van der Waals surface area (Å²) in [6.07, 6.45) is 2.20. The number of aliphatic hydroxyl groups excluding tert-OH is 1. The molecule has 1 aromatic carbocycles. The number of aliphatic hydroxyl groups is 1. The molecule has 2 rings (SSSR count). The molecule has 1 atom stereocenters. The molecule has 2 nitrogen and oxygen atoms in total. The lowest BCUT2D eigenvalue weighted by atomic mass is 9.80. The largest absolute Gasteiger partial charge is 0.388 e. The van der Waals surface area contributed by atoms with E-state index >= 15 is 0 Å². The van der Waals surface area contributed by atoms with E-state index in [-0.39, 0.29) is 5.41 Å². The van der Waals surface area contributed by atoms with Crippen LogP contribution in [0.25, 0.3) is 0 Å². The van der Waals surface area contributed by atoms with Crippen LogP contribution in [0.15, 0.2) is 30.3 Å². The van der Waals surface area contributed by atoms with Gasteiger partial charge in [-0.3, -0.25) is 0 Å². The summed E-state index contributed by atoms with van der Waals surface area (Å²) in [6.45, 7) is 12.3. The summed E-state index contributed by atoms with van der Waals surface area (Å²) in [5, 5.41) is 10.7. The van der Waals surface area contributed by atoms with Gasteiger partial charge in [-0.05, 0) is 43.3 Å². The third kappa shape index (κ3) is 4.31. The highest BCUT2D eigenvalue weighted by Gasteiger charge is 2.32. The van der Waals surface area contributed by atoms with Crippen molar-refractivity contribution in [3.05, 3.63) is 35.9 Å². The van der Waals surface area contributed by atoms with E-state index in [0.717, 1.165) is 23.9 Å². The van der Waals surface area contributed by atoms with E-state index in [4.69, 9.17) is 0 Å². The summed E-state index contributed by atoms with van der Waals surface area (Å²) < 4.78 is 0. The second kappa shape index (κ2) is 6.93. The highest BCUT2D eigenvalue weighted by molar-refractivity contribution is 5.19. The molecule has 0 aliphatic carbocycles. The molecule has 0 bridgehead atoms. The fourth-order valence-corrected chi connectivity index (χ4v) is 3.53. The van der Waals surface area contributed by atoms with E-state index in [1.54, 1.807) is 0 Å². The summed E-state index contributed by atoms with van der Waals surface area (Å²) in [7, 11) is 0. The van der Waals surface area contributed by atoms with Crippen LogP contribution in [0, 0.1) is 17.3 Å². The molecule has 0 radical (unpaired) electrons. The van der Waals surface area contributed by atoms with Gasteiger partial charge in [-0.2, -0.15) is 0 Å². The molecule has 118 valence electrons. The van der Waals surface area contributed by atoms with E-state index in [9.17, 15) is 5.11 Å². The highest BCUT2D eigenvalue weighted by Crippen LogP contribution is 2.35. The van der Waals surface area contributed by atoms with Crippen LogP contribution in [0.4, 0.5) is 0 Å². The van der Waals surface area contributed by atoms with Gasteiger partial charge in [0, 0.05) is 12.0 Å². The van der Waals surface area contributed by atoms with E-state index in [0.29, 0.717) is 0 Å². The van der Waals surface area contributed by atoms with Crippen molar-refractivity contribution in [1.82, 2.24) is 4.90 Å². The summed E-state index contributed by atoms with van der Waals surface area (Å²) >= 11 is 0. The fourth-order valence-electron chi connectivity index (χ4n) is 3.53. The Bertz CT molecular complexity index is 418. The maximum Gasteiger partial charge on any atom is 0.0853 e. The van der Waals surface area contributed by atoms with Crippen LogP contribution in [-0.2, 0) is 0 Å². The second-order valence-electron chi connectivity index (χ2n) is 7.66. The minimum atomic E-state index is -0.401. The number of likely N-dealkylation sites (tertiary alicyclic amines) is 1. The van der Waals surface area contributed by atoms with Gasteiger partial charge in [0.15, 0.2) is 0 Å². The third-order valence-corrected chi connectivity index (χ3v) is 5.06. The summed E-state index contributed by atoms with van der Waals surface area (Å²) in [6, 6.07) is 10.1. The van der Waals surface area contributed by atoms with Crippen molar-refractivity contribution >= 4 is 0 Å². The minimum absolute atomic E-state index is 0.119. The first-order valence-electron chi connectivity index (χ1n) is 8.35. The van der Waals surface area contributed by atoms with Gasteiger partial charge >= 0.3 is 0 Å². The van der Waals surface area contributed by atoms with Crippen LogP contribution in [0.5, 0.6) is 0 Å². The lowest BCUT2D eigenvalue weighted by Crippen LogP contribution is -2.42. The number of benzene rings is 1. The molecule has 1 aliphatic heterocycles. The van der Waals surface area contributed by atoms with Crippen molar-refractivity contribution in [3.8, 4) is 0 Å². The maximum absolute atomic E-state index is 10.7. The van der Waals surface area contributed by atoms with Gasteiger partial charge in [0.1, 0.15) is 0 Å². The Hall–Kier alpha value is -0.860. The monoisotopic (exact) mass is 289 g/mol. The maximum atomic E-state index is 10.7. The Morgan fingerprint density at radius 2 is 1.71 bits per heavy atom. The molecule has 0 aromatic heterocycles. The van der Waals surface area contributed by atoms with Gasteiger partial charge in [0.25, 0.3) is 0 Å². The Kier molecular flexibility index (Phi) is 5.45. The van der Waals surface area contributed by atoms with Crippen molar-refractivity contribution in [2.45, 2.75) is 46.6 Å². The van der Waals surface area contributed by atoms with E-state index < -0.39 is 6.10 Å². The van der Waals surface area contributed by atoms with E-state index in [1.165, 1.54) is 25.9 Å². The smallest absolute Gasteiger partial charge is 0.0853 e. The molecule has 1 unspecified atom stereocenters. The number of hydrogen-bond acceptors (Lipinski definition) is 2. The van der Waals surface area contributed by atoms with Crippen LogP contribution in [0.3, 0.4) is 0 Å². The first-order chi connectivity index (χ1) is 9.90. The van der Waals surface area contributed by atoms with Crippen LogP contribution < -0.4 is 0 Å². The zero-order valence-electron chi connectivity index (χ0n) is 14.0. The summed E-state index contributed by atoms with van der Waals surface area (Å²) in [5.41, 5.74) is 0.908.